The summed E-state index contributed by atoms with van der Waals surface area (Å²) in [4.78, 5) is 13.6. The molecule has 1 aliphatic heterocycles. The van der Waals surface area contributed by atoms with Crippen LogP contribution in [0.5, 0.6) is 0 Å². The van der Waals surface area contributed by atoms with Crippen LogP contribution in [0.25, 0.3) is 0 Å². The van der Waals surface area contributed by atoms with E-state index in [4.69, 9.17) is 5.26 Å². The zero-order valence-corrected chi connectivity index (χ0v) is 10.7. The number of carbonyl (C=O) groups is 1. The second-order valence-electron chi connectivity index (χ2n) is 4.80. The van der Waals surface area contributed by atoms with E-state index in [-0.39, 0.29) is 31.8 Å². The third-order valence-corrected chi connectivity index (χ3v) is 3.51. The van der Waals surface area contributed by atoms with Crippen LogP contribution in [0.3, 0.4) is 0 Å². The molecule has 1 saturated heterocycles. The Labute approximate surface area is 114 Å². The Balaban J connectivity index is 1.99. The average molecular weight is 282 g/mol. The van der Waals surface area contributed by atoms with Gasteiger partial charge in [0.2, 0.25) is 0 Å². The van der Waals surface area contributed by atoms with E-state index in [0.717, 1.165) is 0 Å². The maximum absolute atomic E-state index is 12.5. The maximum atomic E-state index is 12.5. The van der Waals surface area contributed by atoms with Crippen molar-refractivity contribution in [2.24, 2.45) is 5.92 Å². The number of nitriles is 1. The van der Waals surface area contributed by atoms with Crippen LogP contribution in [0.1, 0.15) is 28.8 Å². The van der Waals surface area contributed by atoms with Gasteiger partial charge in [-0.2, -0.15) is 18.4 Å². The van der Waals surface area contributed by atoms with E-state index >= 15 is 0 Å². The second-order valence-corrected chi connectivity index (χ2v) is 4.80. The lowest BCUT2D eigenvalue weighted by atomic mass is 9.96. The molecule has 1 fully saturated rings. The van der Waals surface area contributed by atoms with Crippen LogP contribution in [0.4, 0.5) is 13.2 Å². The van der Waals surface area contributed by atoms with Gasteiger partial charge < -0.3 is 4.90 Å². The Hall–Kier alpha value is -2.03. The molecule has 0 atom stereocenters. The highest BCUT2D eigenvalue weighted by molar-refractivity contribution is 5.94. The van der Waals surface area contributed by atoms with Crippen molar-refractivity contribution in [3.63, 3.8) is 0 Å². The molecule has 20 heavy (non-hydrogen) atoms. The highest BCUT2D eigenvalue weighted by Gasteiger charge is 2.41. The van der Waals surface area contributed by atoms with Crippen molar-refractivity contribution in [3.05, 3.63) is 35.4 Å². The van der Waals surface area contributed by atoms with Crippen molar-refractivity contribution in [1.29, 1.82) is 5.26 Å². The van der Waals surface area contributed by atoms with Crippen LogP contribution in [-0.4, -0.2) is 30.1 Å². The van der Waals surface area contributed by atoms with E-state index in [1.165, 1.54) is 29.2 Å². The molecule has 1 heterocycles. The molecular formula is C14H13F3N2O. The first-order valence-electron chi connectivity index (χ1n) is 6.28. The standard InChI is InChI=1S/C14H13F3N2O/c15-14(16,17)12-5-7-19(8-6-12)13(20)11-3-1-10(9-18)2-4-11/h1-4,12H,5-8H2. The first kappa shape index (κ1) is 14.4. The molecule has 106 valence electrons. The summed E-state index contributed by atoms with van der Waals surface area (Å²) in [5.74, 6) is -1.59. The van der Waals surface area contributed by atoms with Gasteiger partial charge in [0.25, 0.3) is 5.91 Å². The molecule has 1 aromatic carbocycles. The van der Waals surface area contributed by atoms with Crippen molar-refractivity contribution in [2.45, 2.75) is 19.0 Å². The summed E-state index contributed by atoms with van der Waals surface area (Å²) >= 11 is 0. The van der Waals surface area contributed by atoms with Crippen LogP contribution in [0, 0.1) is 17.2 Å². The number of hydrogen-bond donors (Lipinski definition) is 0. The quantitative estimate of drug-likeness (QED) is 0.794. The number of rotatable bonds is 1. The van der Waals surface area contributed by atoms with Gasteiger partial charge in [0.15, 0.2) is 0 Å². The van der Waals surface area contributed by atoms with E-state index in [1.807, 2.05) is 6.07 Å². The molecule has 3 nitrogen and oxygen atoms in total. The van der Waals surface area contributed by atoms with Crippen molar-refractivity contribution in [2.75, 3.05) is 13.1 Å². The monoisotopic (exact) mass is 282 g/mol. The Kier molecular flexibility index (Phi) is 3.98. The molecule has 0 radical (unpaired) electrons. The number of alkyl halides is 3. The molecule has 0 aromatic heterocycles. The van der Waals surface area contributed by atoms with Crippen LogP contribution in [0.15, 0.2) is 24.3 Å². The molecule has 0 spiro atoms. The SMILES string of the molecule is N#Cc1ccc(C(=O)N2CCC(C(F)(F)F)CC2)cc1. The van der Waals surface area contributed by atoms with Crippen molar-refractivity contribution in [1.82, 2.24) is 4.90 Å². The first-order chi connectivity index (χ1) is 9.41. The number of hydrogen-bond acceptors (Lipinski definition) is 2. The lowest BCUT2D eigenvalue weighted by Crippen LogP contribution is -2.42. The molecule has 0 saturated carbocycles. The fourth-order valence-corrected chi connectivity index (χ4v) is 2.28. The lowest BCUT2D eigenvalue weighted by Gasteiger charge is -2.33. The third kappa shape index (κ3) is 3.10. The molecule has 0 bridgehead atoms. The maximum Gasteiger partial charge on any atom is 0.391 e. The predicted octanol–water partition coefficient (Wildman–Crippen LogP) is 2.97. The summed E-state index contributed by atoms with van der Waals surface area (Å²) in [6.45, 7) is 0.228. The molecule has 6 heteroatoms. The van der Waals surface area contributed by atoms with Crippen LogP contribution in [-0.2, 0) is 0 Å². The van der Waals surface area contributed by atoms with E-state index < -0.39 is 12.1 Å². The number of carbonyl (C=O) groups excluding carboxylic acids is 1. The molecule has 0 aliphatic carbocycles. The Morgan fingerprint density at radius 1 is 1.20 bits per heavy atom. The Morgan fingerprint density at radius 2 is 1.75 bits per heavy atom. The number of likely N-dealkylation sites (tertiary alicyclic amines) is 1. The average Bonchev–Trinajstić information content (AvgIpc) is 2.46. The fraction of sp³-hybridized carbons (Fsp3) is 0.429. The fourth-order valence-electron chi connectivity index (χ4n) is 2.28. The van der Waals surface area contributed by atoms with Crippen LogP contribution in [0.2, 0.25) is 0 Å². The van der Waals surface area contributed by atoms with E-state index in [2.05, 4.69) is 0 Å². The molecule has 2 rings (SSSR count). The molecule has 1 amide bonds. The predicted molar refractivity (Wildman–Crippen MR) is 65.8 cm³/mol. The van der Waals surface area contributed by atoms with Gasteiger partial charge in [0, 0.05) is 18.7 Å². The smallest absolute Gasteiger partial charge is 0.339 e. The summed E-state index contributed by atoms with van der Waals surface area (Å²) in [7, 11) is 0. The highest BCUT2D eigenvalue weighted by atomic mass is 19.4. The zero-order valence-electron chi connectivity index (χ0n) is 10.7. The van der Waals surface area contributed by atoms with Gasteiger partial charge in [-0.1, -0.05) is 0 Å². The molecule has 0 N–H and O–H groups in total. The summed E-state index contributed by atoms with van der Waals surface area (Å²) < 4.78 is 37.6. The topological polar surface area (TPSA) is 44.1 Å². The Bertz CT molecular complexity index is 523. The number of amides is 1. The normalized spacial score (nSPS) is 16.8. The molecule has 0 unspecified atom stereocenters. The second kappa shape index (κ2) is 5.53. The molecule has 1 aliphatic rings. The molecule has 1 aromatic rings. The van der Waals surface area contributed by atoms with E-state index in [0.29, 0.717) is 11.1 Å². The number of benzene rings is 1. The van der Waals surface area contributed by atoms with Crippen LogP contribution < -0.4 is 0 Å². The lowest BCUT2D eigenvalue weighted by molar-refractivity contribution is -0.183. The number of piperidine rings is 1. The van der Waals surface area contributed by atoms with Crippen LogP contribution >= 0.6 is 0 Å². The minimum absolute atomic E-state index is 0.0501. The first-order valence-corrected chi connectivity index (χ1v) is 6.28. The van der Waals surface area contributed by atoms with Gasteiger partial charge in [-0.3, -0.25) is 4.79 Å². The van der Waals surface area contributed by atoms with Crippen molar-refractivity contribution >= 4 is 5.91 Å². The highest BCUT2D eigenvalue weighted by Crippen LogP contribution is 2.34. The van der Waals surface area contributed by atoms with E-state index in [1.54, 1.807) is 0 Å². The van der Waals surface area contributed by atoms with Gasteiger partial charge in [-0.25, -0.2) is 0 Å². The largest absolute Gasteiger partial charge is 0.391 e. The van der Waals surface area contributed by atoms with Gasteiger partial charge in [0.1, 0.15) is 0 Å². The third-order valence-electron chi connectivity index (χ3n) is 3.51. The minimum atomic E-state index is -4.18. The number of nitrogens with zero attached hydrogens (tertiary/aromatic N) is 2. The summed E-state index contributed by atoms with van der Waals surface area (Å²) in [5.41, 5.74) is 0.840. The summed E-state index contributed by atoms with van der Waals surface area (Å²) in [5, 5.41) is 8.67. The number of halogens is 3. The summed E-state index contributed by atoms with van der Waals surface area (Å²) in [6, 6.07) is 8.04. The van der Waals surface area contributed by atoms with Crippen molar-refractivity contribution in [3.8, 4) is 6.07 Å². The van der Waals surface area contributed by atoms with Gasteiger partial charge >= 0.3 is 6.18 Å². The van der Waals surface area contributed by atoms with E-state index in [9.17, 15) is 18.0 Å². The molecular weight excluding hydrogens is 269 g/mol. The zero-order chi connectivity index (χ0) is 14.8. The van der Waals surface area contributed by atoms with Crippen molar-refractivity contribution < 1.29 is 18.0 Å². The summed E-state index contributed by atoms with van der Waals surface area (Å²) in [6.07, 6.45) is -4.28. The van der Waals surface area contributed by atoms with Gasteiger partial charge in [-0.15, -0.1) is 0 Å². The van der Waals surface area contributed by atoms with Gasteiger partial charge in [-0.05, 0) is 37.1 Å². The Morgan fingerprint density at radius 3 is 2.20 bits per heavy atom. The minimum Gasteiger partial charge on any atom is -0.339 e. The van der Waals surface area contributed by atoms with Gasteiger partial charge in [0.05, 0.1) is 17.6 Å².